The summed E-state index contributed by atoms with van der Waals surface area (Å²) in [6.07, 6.45) is 4.74. The molecule has 0 aliphatic carbocycles. The smallest absolute Gasteiger partial charge is 0.253 e. The third kappa shape index (κ3) is 3.05. The molecule has 1 aromatic carbocycles. The summed E-state index contributed by atoms with van der Waals surface area (Å²) in [5.41, 5.74) is 1.40. The van der Waals surface area contributed by atoms with Gasteiger partial charge in [-0.3, -0.25) is 4.79 Å². The molecule has 0 aromatic heterocycles. The van der Waals surface area contributed by atoms with Crippen molar-refractivity contribution in [2.75, 3.05) is 19.6 Å². The number of piperidine rings is 1. The van der Waals surface area contributed by atoms with E-state index in [1.54, 1.807) is 12.1 Å². The number of phenolic OH excluding ortho intramolecular Hbond substituents is 1. The van der Waals surface area contributed by atoms with Gasteiger partial charge in [-0.05, 0) is 62.8 Å². The summed E-state index contributed by atoms with van der Waals surface area (Å²) in [6, 6.07) is 5.85. The minimum absolute atomic E-state index is 0.0446. The molecule has 4 nitrogen and oxygen atoms in total. The molecule has 3 rings (SSSR count). The zero-order valence-corrected chi connectivity index (χ0v) is 12.6. The first-order chi connectivity index (χ1) is 10.1. The second-order valence-electron chi connectivity index (χ2n) is 6.33. The van der Waals surface area contributed by atoms with E-state index >= 15 is 0 Å². The normalized spacial score (nSPS) is 23.5. The third-order valence-electron chi connectivity index (χ3n) is 4.95. The van der Waals surface area contributed by atoms with Gasteiger partial charge in [0, 0.05) is 24.7 Å². The van der Waals surface area contributed by atoms with Crippen LogP contribution in [0.25, 0.3) is 0 Å². The highest BCUT2D eigenvalue weighted by Crippen LogP contribution is 2.27. The van der Waals surface area contributed by atoms with Crippen molar-refractivity contribution in [1.29, 1.82) is 0 Å². The summed E-state index contributed by atoms with van der Waals surface area (Å²) in [6.45, 7) is 4.64. The molecular weight excluding hydrogens is 264 g/mol. The zero-order chi connectivity index (χ0) is 14.8. The van der Waals surface area contributed by atoms with E-state index in [1.165, 1.54) is 12.8 Å². The summed E-state index contributed by atoms with van der Waals surface area (Å²) in [5.74, 6) is 0.956. The van der Waals surface area contributed by atoms with Crippen molar-refractivity contribution in [2.24, 2.45) is 5.92 Å². The standard InChI is InChI=1S/C17H24N2O2/c1-12-4-5-14(11-16(12)20)17(21)19-9-6-13(7-10-19)15-3-2-8-18-15/h4-5,11,13,15,18,20H,2-3,6-10H2,1H3. The number of likely N-dealkylation sites (tertiary alicyclic amines) is 1. The Hall–Kier alpha value is -1.55. The van der Waals surface area contributed by atoms with Crippen molar-refractivity contribution in [3.63, 3.8) is 0 Å². The highest BCUT2D eigenvalue weighted by molar-refractivity contribution is 5.94. The molecule has 2 aliphatic heterocycles. The number of aryl methyl sites for hydroxylation is 1. The fourth-order valence-electron chi connectivity index (χ4n) is 3.54. The monoisotopic (exact) mass is 288 g/mol. The fourth-order valence-corrected chi connectivity index (χ4v) is 3.54. The molecule has 0 radical (unpaired) electrons. The van der Waals surface area contributed by atoms with Gasteiger partial charge in [0.05, 0.1) is 0 Å². The van der Waals surface area contributed by atoms with Gasteiger partial charge in [-0.15, -0.1) is 0 Å². The van der Waals surface area contributed by atoms with Gasteiger partial charge in [-0.1, -0.05) is 6.07 Å². The zero-order valence-electron chi connectivity index (χ0n) is 12.6. The second kappa shape index (κ2) is 6.06. The quantitative estimate of drug-likeness (QED) is 0.878. The second-order valence-corrected chi connectivity index (χ2v) is 6.33. The van der Waals surface area contributed by atoms with Crippen molar-refractivity contribution in [2.45, 2.75) is 38.6 Å². The molecule has 0 saturated carbocycles. The Labute approximate surface area is 126 Å². The Kier molecular flexibility index (Phi) is 4.15. The first-order valence-electron chi connectivity index (χ1n) is 7.97. The fraction of sp³-hybridized carbons (Fsp3) is 0.588. The molecule has 1 atom stereocenters. The van der Waals surface area contributed by atoms with Crippen LogP contribution < -0.4 is 5.32 Å². The van der Waals surface area contributed by atoms with Crippen LogP contribution in [-0.2, 0) is 0 Å². The van der Waals surface area contributed by atoms with Gasteiger partial charge in [0.25, 0.3) is 5.91 Å². The summed E-state index contributed by atoms with van der Waals surface area (Å²) in [5, 5.41) is 13.3. The molecule has 21 heavy (non-hydrogen) atoms. The first-order valence-corrected chi connectivity index (χ1v) is 7.97. The molecular formula is C17H24N2O2. The number of hydrogen-bond donors (Lipinski definition) is 2. The van der Waals surface area contributed by atoms with Gasteiger partial charge >= 0.3 is 0 Å². The maximum absolute atomic E-state index is 12.5. The highest BCUT2D eigenvalue weighted by Gasteiger charge is 2.30. The minimum Gasteiger partial charge on any atom is -0.508 e. The lowest BCUT2D eigenvalue weighted by molar-refractivity contribution is 0.0674. The molecule has 2 aliphatic rings. The van der Waals surface area contributed by atoms with Gasteiger partial charge in [0.15, 0.2) is 0 Å². The molecule has 1 unspecified atom stereocenters. The molecule has 1 amide bonds. The van der Waals surface area contributed by atoms with E-state index in [4.69, 9.17) is 0 Å². The molecule has 1 aromatic rings. The maximum Gasteiger partial charge on any atom is 0.253 e. The SMILES string of the molecule is Cc1ccc(C(=O)N2CCC(C3CCCN3)CC2)cc1O. The average Bonchev–Trinajstić information content (AvgIpc) is 3.04. The molecule has 2 saturated heterocycles. The highest BCUT2D eigenvalue weighted by atomic mass is 16.3. The largest absolute Gasteiger partial charge is 0.508 e. The third-order valence-corrected chi connectivity index (χ3v) is 4.95. The Bertz CT molecular complexity index is 516. The van der Waals surface area contributed by atoms with Crippen LogP contribution in [0.3, 0.4) is 0 Å². The van der Waals surface area contributed by atoms with Crippen molar-refractivity contribution in [3.8, 4) is 5.75 Å². The Morgan fingerprint density at radius 1 is 1.29 bits per heavy atom. The van der Waals surface area contributed by atoms with Crippen LogP contribution in [0.1, 0.15) is 41.6 Å². The van der Waals surface area contributed by atoms with E-state index < -0.39 is 0 Å². The van der Waals surface area contributed by atoms with E-state index in [-0.39, 0.29) is 11.7 Å². The Morgan fingerprint density at radius 2 is 2.05 bits per heavy atom. The topological polar surface area (TPSA) is 52.6 Å². The minimum atomic E-state index is 0.0446. The lowest BCUT2D eigenvalue weighted by atomic mass is 9.88. The summed E-state index contributed by atoms with van der Waals surface area (Å²) >= 11 is 0. The number of nitrogens with one attached hydrogen (secondary N) is 1. The van der Waals surface area contributed by atoms with E-state index in [0.29, 0.717) is 17.5 Å². The van der Waals surface area contributed by atoms with E-state index in [1.807, 2.05) is 17.9 Å². The maximum atomic E-state index is 12.5. The number of carbonyl (C=O) groups excluding carboxylic acids is 1. The molecule has 0 spiro atoms. The van der Waals surface area contributed by atoms with Crippen LogP contribution in [0.4, 0.5) is 0 Å². The first kappa shape index (κ1) is 14.4. The number of benzene rings is 1. The lowest BCUT2D eigenvalue weighted by Gasteiger charge is -2.35. The predicted octanol–water partition coefficient (Wildman–Crippen LogP) is 2.30. The van der Waals surface area contributed by atoms with Crippen molar-refractivity contribution in [1.82, 2.24) is 10.2 Å². The van der Waals surface area contributed by atoms with Crippen molar-refractivity contribution >= 4 is 5.91 Å². The lowest BCUT2D eigenvalue weighted by Crippen LogP contribution is -2.43. The summed E-state index contributed by atoms with van der Waals surface area (Å²) in [7, 11) is 0. The Morgan fingerprint density at radius 3 is 2.67 bits per heavy atom. The van der Waals surface area contributed by atoms with Crippen molar-refractivity contribution in [3.05, 3.63) is 29.3 Å². The van der Waals surface area contributed by atoms with E-state index in [0.717, 1.165) is 38.0 Å². The number of phenols is 1. The molecule has 0 bridgehead atoms. The number of amides is 1. The average molecular weight is 288 g/mol. The van der Waals surface area contributed by atoms with Gasteiger partial charge in [0.1, 0.15) is 5.75 Å². The molecule has 2 heterocycles. The number of nitrogens with zero attached hydrogens (tertiary/aromatic N) is 1. The molecule has 2 N–H and O–H groups in total. The van der Waals surface area contributed by atoms with E-state index in [2.05, 4.69) is 5.32 Å². The van der Waals surface area contributed by atoms with Gasteiger partial charge in [-0.2, -0.15) is 0 Å². The number of carbonyl (C=O) groups is 1. The van der Waals surface area contributed by atoms with Gasteiger partial charge in [-0.25, -0.2) is 0 Å². The van der Waals surface area contributed by atoms with Crippen LogP contribution in [-0.4, -0.2) is 41.6 Å². The summed E-state index contributed by atoms with van der Waals surface area (Å²) < 4.78 is 0. The van der Waals surface area contributed by atoms with Crippen LogP contribution in [0.15, 0.2) is 18.2 Å². The van der Waals surface area contributed by atoms with E-state index in [9.17, 15) is 9.90 Å². The number of rotatable bonds is 2. The molecule has 4 heteroatoms. The summed E-state index contributed by atoms with van der Waals surface area (Å²) in [4.78, 5) is 14.4. The van der Waals surface area contributed by atoms with Crippen molar-refractivity contribution < 1.29 is 9.90 Å². The van der Waals surface area contributed by atoms with Crippen LogP contribution in [0.2, 0.25) is 0 Å². The van der Waals surface area contributed by atoms with Gasteiger partial charge in [0.2, 0.25) is 0 Å². The molecule has 2 fully saturated rings. The predicted molar refractivity (Wildman–Crippen MR) is 82.5 cm³/mol. The van der Waals surface area contributed by atoms with Crippen LogP contribution >= 0.6 is 0 Å². The van der Waals surface area contributed by atoms with Crippen LogP contribution in [0.5, 0.6) is 5.75 Å². The Balaban J connectivity index is 1.60. The number of hydrogen-bond acceptors (Lipinski definition) is 3. The molecule has 114 valence electrons. The van der Waals surface area contributed by atoms with Crippen LogP contribution in [0, 0.1) is 12.8 Å². The van der Waals surface area contributed by atoms with Gasteiger partial charge < -0.3 is 15.3 Å². The number of aromatic hydroxyl groups is 1.